The summed E-state index contributed by atoms with van der Waals surface area (Å²) in [5.74, 6) is 5.13. The molecular weight excluding hydrogens is 200 g/mol. The molecule has 0 spiro atoms. The van der Waals surface area contributed by atoms with Crippen LogP contribution in [0.4, 0.5) is 0 Å². The molecule has 0 N–H and O–H groups in total. The van der Waals surface area contributed by atoms with Crippen molar-refractivity contribution in [1.29, 1.82) is 5.26 Å². The lowest BCUT2D eigenvalue weighted by atomic mass is 10.1. The van der Waals surface area contributed by atoms with Gasteiger partial charge in [0.25, 0.3) is 5.91 Å². The fourth-order valence-corrected chi connectivity index (χ4v) is 1.01. The first-order valence-corrected chi connectivity index (χ1v) is 5.63. The third kappa shape index (κ3) is 4.84. The lowest BCUT2D eigenvalue weighted by Crippen LogP contribution is -2.43. The van der Waals surface area contributed by atoms with Crippen LogP contribution in [0.3, 0.4) is 0 Å². The van der Waals surface area contributed by atoms with Gasteiger partial charge in [0, 0.05) is 13.5 Å². The molecule has 0 aliphatic heterocycles. The number of rotatable bonds is 4. The first-order valence-electron chi connectivity index (χ1n) is 5.63. The molecule has 0 bridgehead atoms. The molecular formula is C13H20N2O. The van der Waals surface area contributed by atoms with Gasteiger partial charge in [-0.1, -0.05) is 25.7 Å². The van der Waals surface area contributed by atoms with Gasteiger partial charge in [-0.25, -0.2) is 0 Å². The van der Waals surface area contributed by atoms with Gasteiger partial charge in [0.15, 0.2) is 0 Å². The molecule has 0 aliphatic rings. The summed E-state index contributed by atoms with van der Waals surface area (Å²) in [5.41, 5.74) is -0.796. The lowest BCUT2D eigenvalue weighted by molar-refractivity contribution is -0.126. The monoisotopic (exact) mass is 220 g/mol. The molecule has 0 aromatic heterocycles. The van der Waals surface area contributed by atoms with Crippen LogP contribution in [0.5, 0.6) is 0 Å². The van der Waals surface area contributed by atoms with E-state index in [0.29, 0.717) is 0 Å². The third-order valence-electron chi connectivity index (χ3n) is 2.52. The number of unbranched alkanes of at least 4 members (excludes halogenated alkanes) is 3. The number of hydrogen-bond donors (Lipinski definition) is 0. The van der Waals surface area contributed by atoms with Gasteiger partial charge in [-0.3, -0.25) is 4.79 Å². The molecule has 1 amide bonds. The number of nitriles is 1. The number of amides is 1. The third-order valence-corrected chi connectivity index (χ3v) is 2.52. The van der Waals surface area contributed by atoms with Crippen molar-refractivity contribution in [2.45, 2.75) is 52.0 Å². The van der Waals surface area contributed by atoms with Crippen LogP contribution >= 0.6 is 0 Å². The summed E-state index contributed by atoms with van der Waals surface area (Å²) in [6.45, 7) is 5.52. The largest absolute Gasteiger partial charge is 0.317 e. The number of nitrogens with zero attached hydrogens (tertiary/aromatic N) is 2. The van der Waals surface area contributed by atoms with E-state index >= 15 is 0 Å². The maximum Gasteiger partial charge on any atom is 0.299 e. The summed E-state index contributed by atoms with van der Waals surface area (Å²) >= 11 is 0. The van der Waals surface area contributed by atoms with Crippen molar-refractivity contribution in [3.8, 4) is 17.9 Å². The van der Waals surface area contributed by atoms with Gasteiger partial charge in [0.2, 0.25) is 0 Å². The minimum atomic E-state index is -0.796. The van der Waals surface area contributed by atoms with E-state index in [2.05, 4.69) is 24.8 Å². The normalized spacial score (nSPS) is 9.94. The van der Waals surface area contributed by atoms with Gasteiger partial charge < -0.3 is 4.90 Å². The molecule has 3 nitrogen and oxygen atoms in total. The van der Waals surface area contributed by atoms with Crippen molar-refractivity contribution in [2.75, 3.05) is 7.05 Å². The van der Waals surface area contributed by atoms with Crippen molar-refractivity contribution < 1.29 is 4.79 Å². The highest BCUT2D eigenvalue weighted by molar-refractivity contribution is 5.94. The average Bonchev–Trinajstić information content (AvgIpc) is 2.27. The van der Waals surface area contributed by atoms with Crippen LogP contribution in [-0.2, 0) is 4.79 Å². The summed E-state index contributed by atoms with van der Waals surface area (Å²) in [6.07, 6.45) is 4.07. The standard InChI is InChI=1S/C13H20N2O/c1-5-6-7-8-9-10-12(16)15(4)13(2,3)11-14/h5-8H2,1-4H3. The Labute approximate surface area is 98.4 Å². The van der Waals surface area contributed by atoms with Crippen LogP contribution in [0.25, 0.3) is 0 Å². The second-order valence-corrected chi connectivity index (χ2v) is 4.29. The van der Waals surface area contributed by atoms with Crippen molar-refractivity contribution in [3.63, 3.8) is 0 Å². The van der Waals surface area contributed by atoms with Crippen LogP contribution in [0.1, 0.15) is 46.5 Å². The first kappa shape index (κ1) is 14.5. The summed E-state index contributed by atoms with van der Waals surface area (Å²) < 4.78 is 0. The Kier molecular flexibility index (Phi) is 6.27. The van der Waals surface area contributed by atoms with E-state index in [1.807, 2.05) is 0 Å². The van der Waals surface area contributed by atoms with E-state index in [0.717, 1.165) is 25.7 Å². The van der Waals surface area contributed by atoms with Crippen LogP contribution in [0.15, 0.2) is 0 Å². The Morgan fingerprint density at radius 3 is 2.50 bits per heavy atom. The highest BCUT2D eigenvalue weighted by Crippen LogP contribution is 2.09. The molecule has 0 aliphatic carbocycles. The highest BCUT2D eigenvalue weighted by Gasteiger charge is 2.25. The molecule has 0 unspecified atom stereocenters. The molecule has 0 atom stereocenters. The molecule has 0 aromatic carbocycles. The molecule has 0 aromatic rings. The van der Waals surface area contributed by atoms with Gasteiger partial charge in [-0.05, 0) is 26.2 Å². The maximum atomic E-state index is 11.6. The average molecular weight is 220 g/mol. The van der Waals surface area contributed by atoms with Crippen molar-refractivity contribution >= 4 is 5.91 Å². The van der Waals surface area contributed by atoms with E-state index < -0.39 is 5.54 Å². The van der Waals surface area contributed by atoms with E-state index in [1.165, 1.54) is 4.90 Å². The molecule has 0 heterocycles. The van der Waals surface area contributed by atoms with Crippen LogP contribution in [0, 0.1) is 23.2 Å². The van der Waals surface area contributed by atoms with E-state index in [9.17, 15) is 4.79 Å². The predicted octanol–water partition coefficient (Wildman–Crippen LogP) is 2.33. The Morgan fingerprint density at radius 2 is 2.00 bits per heavy atom. The van der Waals surface area contributed by atoms with Crippen molar-refractivity contribution in [2.24, 2.45) is 0 Å². The number of carbonyl (C=O) groups is 1. The minimum absolute atomic E-state index is 0.289. The number of hydrogen-bond acceptors (Lipinski definition) is 2. The Morgan fingerprint density at radius 1 is 1.38 bits per heavy atom. The second-order valence-electron chi connectivity index (χ2n) is 4.29. The Bertz CT molecular complexity index is 328. The molecule has 0 rings (SSSR count). The molecule has 0 saturated carbocycles. The molecule has 0 saturated heterocycles. The molecule has 0 fully saturated rings. The van der Waals surface area contributed by atoms with E-state index in [1.54, 1.807) is 20.9 Å². The topological polar surface area (TPSA) is 44.1 Å². The minimum Gasteiger partial charge on any atom is -0.317 e. The van der Waals surface area contributed by atoms with E-state index in [4.69, 9.17) is 5.26 Å². The first-order chi connectivity index (χ1) is 7.45. The molecule has 3 heteroatoms. The van der Waals surface area contributed by atoms with Gasteiger partial charge in [-0.2, -0.15) is 5.26 Å². The fraction of sp³-hybridized carbons (Fsp3) is 0.692. The van der Waals surface area contributed by atoms with Gasteiger partial charge in [0.1, 0.15) is 5.54 Å². The zero-order valence-corrected chi connectivity index (χ0v) is 10.6. The summed E-state index contributed by atoms with van der Waals surface area (Å²) in [5, 5.41) is 8.86. The quantitative estimate of drug-likeness (QED) is 0.539. The molecule has 88 valence electrons. The van der Waals surface area contributed by atoms with Crippen molar-refractivity contribution in [3.05, 3.63) is 0 Å². The summed E-state index contributed by atoms with van der Waals surface area (Å²) in [4.78, 5) is 13.0. The Balaban J connectivity index is 4.21. The predicted molar refractivity (Wildman–Crippen MR) is 64.4 cm³/mol. The van der Waals surface area contributed by atoms with Crippen LogP contribution < -0.4 is 0 Å². The lowest BCUT2D eigenvalue weighted by Gasteiger charge is -2.26. The fourth-order valence-electron chi connectivity index (χ4n) is 1.01. The maximum absolute atomic E-state index is 11.6. The second kappa shape index (κ2) is 6.90. The van der Waals surface area contributed by atoms with Crippen LogP contribution in [0.2, 0.25) is 0 Å². The SMILES string of the molecule is CCCCCC#CC(=O)N(C)C(C)(C)C#N. The van der Waals surface area contributed by atoms with Gasteiger partial charge >= 0.3 is 0 Å². The summed E-state index contributed by atoms with van der Waals surface area (Å²) in [7, 11) is 1.60. The molecule has 16 heavy (non-hydrogen) atoms. The van der Waals surface area contributed by atoms with Gasteiger partial charge in [0.05, 0.1) is 6.07 Å². The van der Waals surface area contributed by atoms with E-state index in [-0.39, 0.29) is 5.91 Å². The summed E-state index contributed by atoms with van der Waals surface area (Å²) in [6, 6.07) is 2.07. The number of carbonyl (C=O) groups excluding carboxylic acids is 1. The zero-order chi connectivity index (χ0) is 12.6. The van der Waals surface area contributed by atoms with Crippen molar-refractivity contribution in [1.82, 2.24) is 4.90 Å². The Hall–Kier alpha value is -1.48. The molecule has 0 radical (unpaired) electrons. The zero-order valence-electron chi connectivity index (χ0n) is 10.6. The van der Waals surface area contributed by atoms with Crippen LogP contribution in [-0.4, -0.2) is 23.4 Å². The smallest absolute Gasteiger partial charge is 0.299 e. The van der Waals surface area contributed by atoms with Gasteiger partial charge in [-0.15, -0.1) is 0 Å². The highest BCUT2D eigenvalue weighted by atomic mass is 16.2.